The topological polar surface area (TPSA) is 27.7 Å². The number of rotatable bonds is 3. The molecule has 2 fully saturated rings. The summed E-state index contributed by atoms with van der Waals surface area (Å²) in [5.74, 6) is 0.979. The van der Waals surface area contributed by atoms with Gasteiger partial charge < -0.3 is 10.1 Å². The Bertz CT molecular complexity index is 726. The summed E-state index contributed by atoms with van der Waals surface area (Å²) in [5, 5.41) is 3.57. The summed E-state index contributed by atoms with van der Waals surface area (Å²) in [5.41, 5.74) is 2.46. The number of nitrogens with one attached hydrogen (secondary N) is 1. The molecule has 0 spiro atoms. The average molecular weight is 339 g/mol. The minimum absolute atomic E-state index is 0.124. The number of ether oxygens (including phenoxy) is 1. The van der Waals surface area contributed by atoms with Gasteiger partial charge in [-0.05, 0) is 30.7 Å². The zero-order chi connectivity index (χ0) is 15.9. The molecule has 2 aromatic rings. The van der Waals surface area contributed by atoms with Crippen molar-refractivity contribution in [3.05, 3.63) is 54.6 Å². The van der Waals surface area contributed by atoms with Crippen molar-refractivity contribution in [1.29, 1.82) is 0 Å². The largest absolute Gasteiger partial charge is 0.474 e. The minimum atomic E-state index is 0.124. The van der Waals surface area contributed by atoms with Gasteiger partial charge in [0.15, 0.2) is 5.44 Å². The number of piperazine rings is 1. The van der Waals surface area contributed by atoms with E-state index in [1.165, 1.54) is 12.1 Å². The standard InChI is InChI=1S/C19H21N3OS/c1-2-6-15(7-3-1)22-17-8-4-5-9-18(17)23-19(24-22)13-21-12-14-10-16(21)11-20-14/h1-9,14,16,19-20H,10-13H2. The lowest BCUT2D eigenvalue weighted by molar-refractivity contribution is 0.163. The third-order valence-corrected chi connectivity index (χ3v) is 6.21. The van der Waals surface area contributed by atoms with Gasteiger partial charge in [0.05, 0.1) is 11.4 Å². The number of fused-ring (bicyclic) bond motifs is 3. The van der Waals surface area contributed by atoms with Gasteiger partial charge in [0.25, 0.3) is 0 Å². The Labute approximate surface area is 146 Å². The van der Waals surface area contributed by atoms with E-state index in [4.69, 9.17) is 4.74 Å². The molecule has 0 aromatic heterocycles. The quantitative estimate of drug-likeness (QED) is 0.867. The lowest BCUT2D eigenvalue weighted by Crippen LogP contribution is -2.47. The summed E-state index contributed by atoms with van der Waals surface area (Å²) in [6.45, 7) is 3.25. The molecule has 3 aliphatic rings. The first kappa shape index (κ1) is 14.6. The second kappa shape index (κ2) is 5.99. The zero-order valence-electron chi connectivity index (χ0n) is 13.5. The Balaban J connectivity index is 1.41. The minimum Gasteiger partial charge on any atom is -0.474 e. The van der Waals surface area contributed by atoms with E-state index in [0.29, 0.717) is 12.1 Å². The molecule has 5 heteroatoms. The predicted molar refractivity (Wildman–Crippen MR) is 98.8 cm³/mol. The van der Waals surface area contributed by atoms with Crippen LogP contribution in [-0.4, -0.2) is 42.1 Å². The molecule has 2 bridgehead atoms. The average Bonchev–Trinajstić information content (AvgIpc) is 3.25. The fourth-order valence-corrected chi connectivity index (χ4v) is 5.11. The molecule has 5 rings (SSSR count). The van der Waals surface area contributed by atoms with E-state index in [-0.39, 0.29) is 5.44 Å². The van der Waals surface area contributed by atoms with Gasteiger partial charge in [-0.1, -0.05) is 30.3 Å². The van der Waals surface area contributed by atoms with Crippen LogP contribution in [0.2, 0.25) is 0 Å². The molecule has 0 saturated carbocycles. The summed E-state index contributed by atoms with van der Waals surface area (Å²) in [7, 11) is 0. The van der Waals surface area contributed by atoms with Gasteiger partial charge in [-0.25, -0.2) is 0 Å². The van der Waals surface area contributed by atoms with Crippen LogP contribution in [0.15, 0.2) is 54.6 Å². The highest BCUT2D eigenvalue weighted by molar-refractivity contribution is 8.01. The fourth-order valence-electron chi connectivity index (χ4n) is 3.96. The lowest BCUT2D eigenvalue weighted by Gasteiger charge is -2.38. The van der Waals surface area contributed by atoms with Crippen molar-refractivity contribution >= 4 is 23.3 Å². The highest BCUT2D eigenvalue weighted by Crippen LogP contribution is 2.45. The summed E-state index contributed by atoms with van der Waals surface area (Å²) in [6, 6.07) is 20.3. The van der Waals surface area contributed by atoms with Crippen LogP contribution in [0.3, 0.4) is 0 Å². The number of nitrogens with zero attached hydrogens (tertiary/aromatic N) is 2. The number of benzene rings is 2. The molecule has 1 N–H and O–H groups in total. The van der Waals surface area contributed by atoms with Gasteiger partial charge in [-0.3, -0.25) is 9.21 Å². The normalized spacial score (nSPS) is 28.7. The van der Waals surface area contributed by atoms with Crippen LogP contribution >= 0.6 is 11.9 Å². The van der Waals surface area contributed by atoms with Crippen LogP contribution in [0.25, 0.3) is 0 Å². The second-order valence-corrected chi connectivity index (χ2v) is 7.80. The predicted octanol–water partition coefficient (Wildman–Crippen LogP) is 3.24. The maximum atomic E-state index is 6.31. The first-order valence-electron chi connectivity index (χ1n) is 8.62. The molecule has 0 radical (unpaired) electrons. The maximum Gasteiger partial charge on any atom is 0.176 e. The first-order valence-corrected chi connectivity index (χ1v) is 9.45. The third-order valence-electron chi connectivity index (χ3n) is 5.11. The molecular formula is C19H21N3OS. The molecule has 2 aromatic carbocycles. The summed E-state index contributed by atoms with van der Waals surface area (Å²) < 4.78 is 8.63. The Morgan fingerprint density at radius 2 is 1.92 bits per heavy atom. The van der Waals surface area contributed by atoms with Gasteiger partial charge in [-0.2, -0.15) is 0 Å². The van der Waals surface area contributed by atoms with Gasteiger partial charge in [0.2, 0.25) is 0 Å². The van der Waals surface area contributed by atoms with Crippen LogP contribution in [-0.2, 0) is 0 Å². The highest BCUT2D eigenvalue weighted by atomic mass is 32.2. The van der Waals surface area contributed by atoms with E-state index >= 15 is 0 Å². The molecule has 3 atom stereocenters. The molecule has 3 aliphatic heterocycles. The summed E-state index contributed by atoms with van der Waals surface area (Å²) >= 11 is 1.79. The number of anilines is 2. The molecule has 124 valence electrons. The SMILES string of the molecule is c1ccc(N2SC(CN3CC4CC3CN4)Oc3ccccc32)cc1. The number of hydrogen-bond donors (Lipinski definition) is 1. The molecule has 3 heterocycles. The van der Waals surface area contributed by atoms with Crippen LogP contribution in [0.5, 0.6) is 5.75 Å². The Morgan fingerprint density at radius 1 is 1.08 bits per heavy atom. The van der Waals surface area contributed by atoms with Gasteiger partial charge in [0, 0.05) is 43.7 Å². The summed E-state index contributed by atoms with van der Waals surface area (Å²) in [4.78, 5) is 2.59. The number of hydrogen-bond acceptors (Lipinski definition) is 5. The maximum absolute atomic E-state index is 6.31. The number of para-hydroxylation sites is 3. The molecule has 2 saturated heterocycles. The van der Waals surface area contributed by atoms with E-state index < -0.39 is 0 Å². The van der Waals surface area contributed by atoms with E-state index in [9.17, 15) is 0 Å². The Kier molecular flexibility index (Phi) is 3.65. The monoisotopic (exact) mass is 339 g/mol. The third kappa shape index (κ3) is 2.57. The van der Waals surface area contributed by atoms with Crippen LogP contribution in [0.1, 0.15) is 6.42 Å². The van der Waals surface area contributed by atoms with Crippen molar-refractivity contribution in [1.82, 2.24) is 10.2 Å². The lowest BCUT2D eigenvalue weighted by atomic mass is 10.2. The van der Waals surface area contributed by atoms with Gasteiger partial charge >= 0.3 is 0 Å². The van der Waals surface area contributed by atoms with Gasteiger partial charge in [0.1, 0.15) is 5.75 Å². The van der Waals surface area contributed by atoms with Crippen molar-refractivity contribution in [2.45, 2.75) is 23.9 Å². The van der Waals surface area contributed by atoms with Crippen molar-refractivity contribution in [2.75, 3.05) is 23.9 Å². The Morgan fingerprint density at radius 3 is 2.71 bits per heavy atom. The van der Waals surface area contributed by atoms with E-state index in [1.54, 1.807) is 11.9 Å². The molecule has 0 amide bonds. The molecular weight excluding hydrogens is 318 g/mol. The van der Waals surface area contributed by atoms with Crippen molar-refractivity contribution in [3.63, 3.8) is 0 Å². The zero-order valence-corrected chi connectivity index (χ0v) is 14.3. The van der Waals surface area contributed by atoms with Crippen molar-refractivity contribution < 1.29 is 4.74 Å². The van der Waals surface area contributed by atoms with Crippen LogP contribution in [0, 0.1) is 0 Å². The highest BCUT2D eigenvalue weighted by Gasteiger charge is 2.40. The molecule has 4 nitrogen and oxygen atoms in total. The molecule has 0 aliphatic carbocycles. The van der Waals surface area contributed by atoms with Crippen molar-refractivity contribution in [3.8, 4) is 5.75 Å². The van der Waals surface area contributed by atoms with Crippen LogP contribution in [0.4, 0.5) is 11.4 Å². The summed E-state index contributed by atoms with van der Waals surface area (Å²) in [6.07, 6.45) is 1.29. The molecule has 24 heavy (non-hydrogen) atoms. The van der Waals surface area contributed by atoms with Crippen molar-refractivity contribution in [2.24, 2.45) is 0 Å². The second-order valence-electron chi connectivity index (χ2n) is 6.70. The smallest absolute Gasteiger partial charge is 0.176 e. The number of likely N-dealkylation sites (tertiary alicyclic amines) is 1. The van der Waals surface area contributed by atoms with E-state index in [1.807, 2.05) is 0 Å². The van der Waals surface area contributed by atoms with Crippen LogP contribution < -0.4 is 14.4 Å². The van der Waals surface area contributed by atoms with E-state index in [0.717, 1.165) is 31.1 Å². The Hall–Kier alpha value is -1.69. The van der Waals surface area contributed by atoms with E-state index in [2.05, 4.69) is 69.1 Å². The van der Waals surface area contributed by atoms with Gasteiger partial charge in [-0.15, -0.1) is 0 Å². The molecule has 3 unspecified atom stereocenters. The first-order chi connectivity index (χ1) is 11.9. The fraction of sp³-hybridized carbons (Fsp3) is 0.368.